The summed E-state index contributed by atoms with van der Waals surface area (Å²) in [6.45, 7) is 1.38. The number of alkyl halides is 3. The van der Waals surface area contributed by atoms with Crippen LogP contribution in [-0.4, -0.2) is 29.6 Å². The Kier molecular flexibility index (Phi) is 4.91. The largest absolute Gasteiger partial charge is 0.417 e. The van der Waals surface area contributed by atoms with Crippen molar-refractivity contribution in [2.24, 2.45) is 4.99 Å². The van der Waals surface area contributed by atoms with Crippen LogP contribution in [0.2, 0.25) is 0 Å². The number of amidine groups is 1. The second kappa shape index (κ2) is 7.24. The number of benzene rings is 2. The first kappa shape index (κ1) is 19.0. The lowest BCUT2D eigenvalue weighted by atomic mass is 9.74. The summed E-state index contributed by atoms with van der Waals surface area (Å²) in [6, 6.07) is 13.1. The van der Waals surface area contributed by atoms with Gasteiger partial charge in [0.25, 0.3) is 0 Å². The summed E-state index contributed by atoms with van der Waals surface area (Å²) >= 11 is 0. The van der Waals surface area contributed by atoms with Crippen molar-refractivity contribution in [3.63, 3.8) is 0 Å². The van der Waals surface area contributed by atoms with Crippen LogP contribution in [-0.2, 0) is 6.18 Å². The molecule has 28 heavy (non-hydrogen) atoms. The lowest BCUT2D eigenvalue weighted by Gasteiger charge is -2.37. The maximum atomic E-state index is 13.6. The highest BCUT2D eigenvalue weighted by molar-refractivity contribution is 5.91. The van der Waals surface area contributed by atoms with Gasteiger partial charge in [0.15, 0.2) is 0 Å². The van der Waals surface area contributed by atoms with Gasteiger partial charge in [0, 0.05) is 6.54 Å². The Hall–Kier alpha value is -2.34. The summed E-state index contributed by atoms with van der Waals surface area (Å²) in [5.74, 6) is 0.626. The number of nitrogens with zero attached hydrogens (tertiary/aromatic N) is 1. The van der Waals surface area contributed by atoms with E-state index in [2.05, 4.69) is 10.3 Å². The third kappa shape index (κ3) is 3.65. The van der Waals surface area contributed by atoms with Crippen LogP contribution in [0.25, 0.3) is 11.1 Å². The molecule has 4 rings (SSSR count). The molecule has 2 aromatic carbocycles. The minimum absolute atomic E-state index is 0.00593. The predicted molar refractivity (Wildman–Crippen MR) is 103 cm³/mol. The Balaban J connectivity index is 1.70. The van der Waals surface area contributed by atoms with Crippen molar-refractivity contribution in [3.8, 4) is 11.1 Å². The number of rotatable bonds is 3. The van der Waals surface area contributed by atoms with Gasteiger partial charge in [-0.3, -0.25) is 4.99 Å². The maximum Gasteiger partial charge on any atom is 0.417 e. The van der Waals surface area contributed by atoms with Crippen LogP contribution in [0.4, 0.5) is 13.2 Å². The van der Waals surface area contributed by atoms with Gasteiger partial charge in [0.2, 0.25) is 0 Å². The third-order valence-electron chi connectivity index (χ3n) is 5.75. The van der Waals surface area contributed by atoms with Crippen molar-refractivity contribution < 1.29 is 18.3 Å². The first-order chi connectivity index (χ1) is 13.4. The van der Waals surface area contributed by atoms with E-state index in [0.29, 0.717) is 30.8 Å². The van der Waals surface area contributed by atoms with Gasteiger partial charge in [-0.2, -0.15) is 13.2 Å². The molecule has 0 spiro atoms. The molecule has 0 saturated heterocycles. The quantitative estimate of drug-likeness (QED) is 0.796. The predicted octanol–water partition coefficient (Wildman–Crippen LogP) is 4.76. The van der Waals surface area contributed by atoms with E-state index in [4.69, 9.17) is 0 Å². The molecule has 2 atom stereocenters. The normalized spacial score (nSPS) is 25.3. The highest BCUT2D eigenvalue weighted by Crippen LogP contribution is 2.43. The Bertz CT molecular complexity index is 879. The molecule has 1 saturated carbocycles. The molecule has 6 heteroatoms. The van der Waals surface area contributed by atoms with Crippen LogP contribution < -0.4 is 5.32 Å². The summed E-state index contributed by atoms with van der Waals surface area (Å²) < 4.78 is 40.7. The van der Waals surface area contributed by atoms with Gasteiger partial charge in [-0.1, -0.05) is 42.5 Å². The summed E-state index contributed by atoms with van der Waals surface area (Å²) in [4.78, 5) is 4.38. The zero-order valence-corrected chi connectivity index (χ0v) is 15.5. The molecule has 0 bridgehead atoms. The summed E-state index contributed by atoms with van der Waals surface area (Å²) in [5.41, 5.74) is -0.0748. The average Bonchev–Trinajstić information content (AvgIpc) is 3.23. The van der Waals surface area contributed by atoms with Gasteiger partial charge in [0.1, 0.15) is 11.4 Å². The van der Waals surface area contributed by atoms with Crippen LogP contribution in [0.5, 0.6) is 0 Å². The molecular formula is C22H23F3N2O. The average molecular weight is 388 g/mol. The Morgan fingerprint density at radius 1 is 1.11 bits per heavy atom. The van der Waals surface area contributed by atoms with Crippen LogP contribution in [0.1, 0.15) is 42.7 Å². The minimum Gasteiger partial charge on any atom is -0.382 e. The van der Waals surface area contributed by atoms with Crippen molar-refractivity contribution in [2.75, 3.05) is 13.1 Å². The van der Waals surface area contributed by atoms with Crippen LogP contribution in [0.15, 0.2) is 53.5 Å². The van der Waals surface area contributed by atoms with E-state index in [-0.39, 0.29) is 11.5 Å². The number of hydrogen-bond donors (Lipinski definition) is 2. The van der Waals surface area contributed by atoms with Crippen LogP contribution >= 0.6 is 0 Å². The van der Waals surface area contributed by atoms with Gasteiger partial charge in [-0.15, -0.1) is 0 Å². The molecule has 1 aliphatic heterocycles. The second-order valence-corrected chi connectivity index (χ2v) is 7.65. The van der Waals surface area contributed by atoms with Crippen molar-refractivity contribution in [1.29, 1.82) is 0 Å². The molecule has 1 unspecified atom stereocenters. The zero-order valence-electron chi connectivity index (χ0n) is 15.5. The second-order valence-electron chi connectivity index (χ2n) is 7.65. The van der Waals surface area contributed by atoms with Crippen LogP contribution in [0.3, 0.4) is 0 Å². The van der Waals surface area contributed by atoms with Crippen molar-refractivity contribution in [2.45, 2.75) is 43.4 Å². The molecule has 0 aromatic heterocycles. The number of nitrogens with one attached hydrogen (secondary N) is 1. The van der Waals surface area contributed by atoms with E-state index in [9.17, 15) is 18.3 Å². The fraction of sp³-hybridized carbons (Fsp3) is 0.409. The Morgan fingerprint density at radius 3 is 2.57 bits per heavy atom. The maximum absolute atomic E-state index is 13.6. The van der Waals surface area contributed by atoms with Crippen molar-refractivity contribution in [3.05, 3.63) is 59.7 Å². The number of aliphatic imine (C=N–C) groups is 1. The number of halogens is 3. The smallest absolute Gasteiger partial charge is 0.382 e. The lowest BCUT2D eigenvalue weighted by Crippen LogP contribution is -2.47. The van der Waals surface area contributed by atoms with Crippen molar-refractivity contribution >= 4 is 5.84 Å². The highest BCUT2D eigenvalue weighted by Gasteiger charge is 2.41. The lowest BCUT2D eigenvalue weighted by molar-refractivity contribution is -0.137. The zero-order chi connectivity index (χ0) is 19.8. The van der Waals surface area contributed by atoms with E-state index >= 15 is 0 Å². The Labute approximate surface area is 162 Å². The Morgan fingerprint density at radius 2 is 1.89 bits per heavy atom. The fourth-order valence-corrected chi connectivity index (χ4v) is 4.38. The minimum atomic E-state index is -4.42. The van der Waals surface area contributed by atoms with Gasteiger partial charge < -0.3 is 10.4 Å². The van der Waals surface area contributed by atoms with E-state index in [1.165, 1.54) is 6.07 Å². The van der Waals surface area contributed by atoms with E-state index in [1.54, 1.807) is 42.5 Å². The topological polar surface area (TPSA) is 44.6 Å². The molecule has 1 aliphatic carbocycles. The van der Waals surface area contributed by atoms with Gasteiger partial charge in [-0.25, -0.2) is 0 Å². The van der Waals surface area contributed by atoms with Crippen LogP contribution in [0, 0.1) is 0 Å². The molecule has 0 amide bonds. The van der Waals surface area contributed by atoms with E-state index in [1.807, 2.05) is 0 Å². The third-order valence-corrected chi connectivity index (χ3v) is 5.75. The van der Waals surface area contributed by atoms with Gasteiger partial charge >= 0.3 is 6.18 Å². The first-order valence-corrected chi connectivity index (χ1v) is 9.64. The number of aliphatic hydroxyl groups is 1. The van der Waals surface area contributed by atoms with Gasteiger partial charge in [-0.05, 0) is 54.4 Å². The molecule has 1 heterocycles. The highest BCUT2D eigenvalue weighted by atomic mass is 19.4. The molecule has 2 aliphatic rings. The fourth-order valence-electron chi connectivity index (χ4n) is 4.38. The monoisotopic (exact) mass is 388 g/mol. The number of hydrogen-bond acceptors (Lipinski definition) is 3. The molecule has 3 nitrogen and oxygen atoms in total. The van der Waals surface area contributed by atoms with E-state index < -0.39 is 17.3 Å². The summed E-state index contributed by atoms with van der Waals surface area (Å²) in [6.07, 6.45) is -1.67. The molecular weight excluding hydrogens is 365 g/mol. The SMILES string of the molecule is OC1(C2=NCCN2)CCC[C@@H](c2ccc(C(F)(F)F)c(-c3ccccc3)c2)C1. The summed E-state index contributed by atoms with van der Waals surface area (Å²) in [7, 11) is 0. The summed E-state index contributed by atoms with van der Waals surface area (Å²) in [5, 5.41) is 14.3. The molecule has 2 N–H and O–H groups in total. The molecule has 2 aromatic rings. The molecule has 1 fully saturated rings. The first-order valence-electron chi connectivity index (χ1n) is 9.64. The standard InChI is InChI=1S/C22H23F3N2O/c23-22(24,25)19-9-8-16(13-18(19)15-5-2-1-3-6-15)17-7-4-10-21(28,14-17)20-26-11-12-27-20/h1-3,5-6,8-9,13,17,28H,4,7,10-12,14H2,(H,26,27)/t17-,21?/m1/s1. The molecule has 0 radical (unpaired) electrons. The van der Waals surface area contributed by atoms with Gasteiger partial charge in [0.05, 0.1) is 12.1 Å². The van der Waals surface area contributed by atoms with Crippen molar-refractivity contribution in [1.82, 2.24) is 5.32 Å². The molecule has 148 valence electrons. The van der Waals surface area contributed by atoms with E-state index in [0.717, 1.165) is 24.9 Å².